The van der Waals surface area contributed by atoms with Crippen molar-refractivity contribution in [2.45, 2.75) is 13.8 Å². The van der Waals surface area contributed by atoms with Crippen LogP contribution in [0.5, 0.6) is 0 Å². The van der Waals surface area contributed by atoms with Crippen LogP contribution in [-0.4, -0.2) is 4.57 Å². The molecule has 0 radical (unpaired) electrons. The Bertz CT molecular complexity index is 2300. The molecular weight excluding hydrogens is 556 g/mol. The molecule has 222 valence electrons. The summed E-state index contributed by atoms with van der Waals surface area (Å²) < 4.78 is 2.25. The molecule has 2 N–H and O–H groups in total. The van der Waals surface area contributed by atoms with E-state index in [-0.39, 0.29) is 0 Å². The number of fused-ring (bicyclic) bond motifs is 2. The number of allylic oxidation sites excluding steroid dienone is 1. The van der Waals surface area contributed by atoms with Gasteiger partial charge in [0.15, 0.2) is 0 Å². The van der Waals surface area contributed by atoms with Gasteiger partial charge < -0.3 is 10.3 Å². The lowest BCUT2D eigenvalue weighted by Crippen LogP contribution is -1.99. The molecule has 0 bridgehead atoms. The van der Waals surface area contributed by atoms with E-state index in [1.54, 1.807) is 0 Å². The number of aryl methyl sites for hydroxylation is 1. The maximum absolute atomic E-state index is 6.70. The Kier molecular flexibility index (Phi) is 7.48. The second kappa shape index (κ2) is 11.9. The fourth-order valence-corrected chi connectivity index (χ4v) is 6.84. The van der Waals surface area contributed by atoms with Crippen LogP contribution in [0.15, 0.2) is 141 Å². The molecule has 6 aromatic carbocycles. The highest BCUT2D eigenvalue weighted by Gasteiger charge is 2.20. The summed E-state index contributed by atoms with van der Waals surface area (Å²) >= 11 is 0. The summed E-state index contributed by atoms with van der Waals surface area (Å²) in [5.41, 5.74) is 20.9. The third-order valence-corrected chi connectivity index (χ3v) is 8.90. The Morgan fingerprint density at radius 1 is 0.587 bits per heavy atom. The first kappa shape index (κ1) is 28.9. The average molecular weight is 593 g/mol. The summed E-state index contributed by atoms with van der Waals surface area (Å²) in [7, 11) is 0. The number of anilines is 1. The zero-order chi connectivity index (χ0) is 31.8. The number of hydrogen-bond donors (Lipinski definition) is 1. The fourth-order valence-electron chi connectivity index (χ4n) is 6.84. The normalized spacial score (nSPS) is 11.4. The third kappa shape index (κ3) is 4.76. The number of nitrogens with two attached hydrogens (primary N) is 1. The molecule has 2 heteroatoms. The van der Waals surface area contributed by atoms with Gasteiger partial charge in [-0.3, -0.25) is 0 Å². The van der Waals surface area contributed by atoms with Gasteiger partial charge in [0.1, 0.15) is 0 Å². The van der Waals surface area contributed by atoms with Gasteiger partial charge in [0.2, 0.25) is 0 Å². The summed E-state index contributed by atoms with van der Waals surface area (Å²) in [6.07, 6.45) is 8.08. The number of nitrogens with zero attached hydrogens (tertiary/aromatic N) is 1. The van der Waals surface area contributed by atoms with Crippen LogP contribution >= 0.6 is 0 Å². The molecule has 1 aromatic heterocycles. The minimum Gasteiger partial charge on any atom is -0.396 e. The number of nitrogen functional groups attached to an aromatic ring is 1. The summed E-state index contributed by atoms with van der Waals surface area (Å²) in [6, 6.07) is 43.2. The first-order chi connectivity index (χ1) is 22.5. The van der Waals surface area contributed by atoms with Gasteiger partial charge in [-0.25, -0.2) is 0 Å². The maximum Gasteiger partial charge on any atom is 0.0695 e. The number of benzene rings is 6. The van der Waals surface area contributed by atoms with Crippen LogP contribution in [0.4, 0.5) is 5.69 Å². The van der Waals surface area contributed by atoms with Crippen LogP contribution in [0.25, 0.3) is 79.0 Å². The van der Waals surface area contributed by atoms with Crippen LogP contribution in [0.3, 0.4) is 0 Å². The Morgan fingerprint density at radius 3 is 1.85 bits per heavy atom. The van der Waals surface area contributed by atoms with E-state index in [0.717, 1.165) is 55.8 Å². The van der Waals surface area contributed by atoms with Crippen molar-refractivity contribution < 1.29 is 0 Å². The van der Waals surface area contributed by atoms with Crippen molar-refractivity contribution in [3.63, 3.8) is 0 Å². The van der Waals surface area contributed by atoms with Gasteiger partial charge in [-0.15, -0.1) is 0 Å². The van der Waals surface area contributed by atoms with Crippen LogP contribution in [-0.2, 0) is 0 Å². The molecular formula is C44H36N2. The second-order valence-electron chi connectivity index (χ2n) is 11.7. The SMILES string of the molecule is C=Cc1c(C=C)c(-c2cccc(-c3ccccc3)c2)c2ccccc2c1-c1ccc(-n2c(/C=C\C)c(N)c3cc(C)ccc32)cc1. The van der Waals surface area contributed by atoms with E-state index < -0.39 is 0 Å². The molecule has 0 aliphatic carbocycles. The standard InChI is InChI=1S/C44H36N2/c1-5-14-41-44(45)39-27-29(4)21-26-40(39)46(41)34-24-22-31(23-25-34)42-35(6-2)36(7-3)43(38-20-12-11-19-37(38)42)33-18-13-17-32(28-33)30-15-9-8-10-16-30/h5-28H,2-3,45H2,1,4H3/b14-5-. The van der Waals surface area contributed by atoms with Gasteiger partial charge in [0, 0.05) is 11.1 Å². The zero-order valence-electron chi connectivity index (χ0n) is 26.3. The first-order valence-electron chi connectivity index (χ1n) is 15.7. The van der Waals surface area contributed by atoms with Gasteiger partial charge in [-0.05, 0) is 106 Å². The quantitative estimate of drug-likeness (QED) is 0.196. The molecule has 7 aromatic rings. The molecule has 0 amide bonds. The first-order valence-corrected chi connectivity index (χ1v) is 15.7. The van der Waals surface area contributed by atoms with Crippen LogP contribution in [0, 0.1) is 6.92 Å². The Labute approximate surface area is 271 Å². The number of hydrogen-bond acceptors (Lipinski definition) is 1. The molecule has 7 rings (SSSR count). The lowest BCUT2D eigenvalue weighted by atomic mass is 9.83. The molecule has 0 saturated heterocycles. The zero-order valence-corrected chi connectivity index (χ0v) is 26.3. The molecule has 0 aliphatic heterocycles. The van der Waals surface area contributed by atoms with Crippen molar-refractivity contribution in [2.75, 3.05) is 5.73 Å². The van der Waals surface area contributed by atoms with E-state index in [9.17, 15) is 0 Å². The lowest BCUT2D eigenvalue weighted by molar-refractivity contribution is 1.11. The van der Waals surface area contributed by atoms with E-state index in [1.807, 2.05) is 25.2 Å². The highest BCUT2D eigenvalue weighted by Crippen LogP contribution is 2.44. The van der Waals surface area contributed by atoms with Crippen molar-refractivity contribution in [3.05, 3.63) is 163 Å². The second-order valence-corrected chi connectivity index (χ2v) is 11.7. The van der Waals surface area contributed by atoms with Gasteiger partial charge in [0.05, 0.1) is 16.9 Å². The Balaban J connectivity index is 1.43. The van der Waals surface area contributed by atoms with Gasteiger partial charge in [-0.1, -0.05) is 128 Å². The fraction of sp³-hybridized carbons (Fsp3) is 0.0455. The van der Waals surface area contributed by atoms with Gasteiger partial charge in [-0.2, -0.15) is 0 Å². The van der Waals surface area contributed by atoms with Crippen molar-refractivity contribution in [1.29, 1.82) is 0 Å². The largest absolute Gasteiger partial charge is 0.396 e. The van der Waals surface area contributed by atoms with Gasteiger partial charge in [0.25, 0.3) is 0 Å². The number of aromatic nitrogens is 1. The number of rotatable bonds is 7. The van der Waals surface area contributed by atoms with E-state index in [2.05, 4.69) is 152 Å². The maximum atomic E-state index is 6.70. The smallest absolute Gasteiger partial charge is 0.0695 e. The summed E-state index contributed by atoms with van der Waals surface area (Å²) in [5, 5.41) is 3.43. The molecule has 46 heavy (non-hydrogen) atoms. The van der Waals surface area contributed by atoms with Crippen LogP contribution in [0.1, 0.15) is 29.3 Å². The molecule has 0 saturated carbocycles. The minimum atomic E-state index is 0.795. The summed E-state index contributed by atoms with van der Waals surface area (Å²) in [6.45, 7) is 12.7. The Morgan fingerprint density at radius 2 is 1.20 bits per heavy atom. The molecule has 1 heterocycles. The topological polar surface area (TPSA) is 30.9 Å². The third-order valence-electron chi connectivity index (χ3n) is 8.90. The van der Waals surface area contributed by atoms with Crippen LogP contribution in [0.2, 0.25) is 0 Å². The Hall–Kier alpha value is -5.86. The summed E-state index contributed by atoms with van der Waals surface area (Å²) in [4.78, 5) is 0. The van der Waals surface area contributed by atoms with Crippen LogP contribution < -0.4 is 5.73 Å². The van der Waals surface area contributed by atoms with E-state index in [4.69, 9.17) is 5.73 Å². The molecule has 0 unspecified atom stereocenters. The van der Waals surface area contributed by atoms with E-state index >= 15 is 0 Å². The highest BCUT2D eigenvalue weighted by atomic mass is 15.0. The van der Waals surface area contributed by atoms with E-state index in [1.165, 1.54) is 33.0 Å². The highest BCUT2D eigenvalue weighted by molar-refractivity contribution is 6.12. The monoisotopic (exact) mass is 592 g/mol. The molecule has 0 spiro atoms. The lowest BCUT2D eigenvalue weighted by Gasteiger charge is -2.21. The van der Waals surface area contributed by atoms with E-state index in [0.29, 0.717) is 0 Å². The van der Waals surface area contributed by atoms with Gasteiger partial charge >= 0.3 is 0 Å². The average Bonchev–Trinajstić information content (AvgIpc) is 3.37. The molecule has 0 aliphatic rings. The predicted octanol–water partition coefficient (Wildman–Crippen LogP) is 12.0. The summed E-state index contributed by atoms with van der Waals surface area (Å²) in [5.74, 6) is 0. The van der Waals surface area contributed by atoms with Crippen molar-refractivity contribution in [2.24, 2.45) is 0 Å². The van der Waals surface area contributed by atoms with Crippen molar-refractivity contribution in [1.82, 2.24) is 4.57 Å². The molecule has 0 atom stereocenters. The molecule has 0 fully saturated rings. The predicted molar refractivity (Wildman–Crippen MR) is 201 cm³/mol. The minimum absolute atomic E-state index is 0.795. The van der Waals surface area contributed by atoms with Crippen molar-refractivity contribution >= 4 is 45.6 Å². The van der Waals surface area contributed by atoms with Crippen molar-refractivity contribution in [3.8, 4) is 39.1 Å². The molecule has 2 nitrogen and oxygen atoms in total.